The quantitative estimate of drug-likeness (QED) is 0.925. The van der Waals surface area contributed by atoms with Gasteiger partial charge in [-0.3, -0.25) is 0 Å². The Hall–Kier alpha value is -1.68. The van der Waals surface area contributed by atoms with Crippen molar-refractivity contribution in [1.82, 2.24) is 9.97 Å². The van der Waals surface area contributed by atoms with Crippen molar-refractivity contribution >= 4 is 17.4 Å². The van der Waals surface area contributed by atoms with Crippen LogP contribution < -0.4 is 5.32 Å². The molecule has 0 radical (unpaired) electrons. The fraction of sp³-hybridized carbons (Fsp3) is 0.286. The van der Waals surface area contributed by atoms with Crippen LogP contribution in [0.4, 0.5) is 10.2 Å². The summed E-state index contributed by atoms with van der Waals surface area (Å²) in [7, 11) is 0. The molecule has 0 saturated heterocycles. The maximum atomic E-state index is 14.1. The summed E-state index contributed by atoms with van der Waals surface area (Å²) in [6.45, 7) is 0.509. The smallest absolute Gasteiger partial charge is 0.187 e. The number of anilines is 1. The predicted molar refractivity (Wildman–Crippen MR) is 72.7 cm³/mol. The number of benzene rings is 1. The van der Waals surface area contributed by atoms with E-state index in [0.29, 0.717) is 17.3 Å². The van der Waals surface area contributed by atoms with Gasteiger partial charge in [-0.15, -0.1) is 0 Å². The van der Waals surface area contributed by atoms with Gasteiger partial charge < -0.3 is 5.32 Å². The summed E-state index contributed by atoms with van der Waals surface area (Å²) in [5, 5.41) is 3.69. The largest absolute Gasteiger partial charge is 0.363 e. The second-order valence-corrected chi connectivity index (χ2v) is 5.11. The van der Waals surface area contributed by atoms with Crippen molar-refractivity contribution in [2.45, 2.75) is 25.3 Å². The summed E-state index contributed by atoms with van der Waals surface area (Å²) in [4.78, 5) is 7.98. The molecule has 1 saturated carbocycles. The van der Waals surface area contributed by atoms with E-state index in [1.54, 1.807) is 0 Å². The molecule has 1 heterocycles. The van der Waals surface area contributed by atoms with E-state index >= 15 is 0 Å². The molecule has 3 rings (SSSR count). The van der Waals surface area contributed by atoms with Gasteiger partial charge in [-0.25, -0.2) is 14.4 Å². The van der Waals surface area contributed by atoms with Crippen molar-refractivity contribution in [3.63, 3.8) is 0 Å². The van der Waals surface area contributed by atoms with Crippen LogP contribution in [0.5, 0.6) is 0 Å². The van der Waals surface area contributed by atoms with Gasteiger partial charge >= 0.3 is 0 Å². The minimum absolute atomic E-state index is 0.270. The lowest BCUT2D eigenvalue weighted by Crippen LogP contribution is -2.06. The third-order valence-corrected chi connectivity index (χ3v) is 3.41. The summed E-state index contributed by atoms with van der Waals surface area (Å²) in [6, 6.07) is 7.42. The molecule has 98 valence electrons. The van der Waals surface area contributed by atoms with E-state index in [9.17, 15) is 4.39 Å². The minimum atomic E-state index is -0.320. The van der Waals surface area contributed by atoms with E-state index in [-0.39, 0.29) is 17.6 Å². The van der Waals surface area contributed by atoms with Gasteiger partial charge in [0.15, 0.2) is 11.6 Å². The van der Waals surface area contributed by atoms with Crippen LogP contribution in [0, 0.1) is 5.82 Å². The highest BCUT2D eigenvalue weighted by Crippen LogP contribution is 2.40. The number of aromatic nitrogens is 2. The van der Waals surface area contributed by atoms with E-state index in [0.717, 1.165) is 18.4 Å². The molecule has 0 bridgehead atoms. The van der Waals surface area contributed by atoms with Crippen molar-refractivity contribution in [3.8, 4) is 0 Å². The lowest BCUT2D eigenvalue weighted by Gasteiger charge is -2.08. The molecule has 19 heavy (non-hydrogen) atoms. The maximum absolute atomic E-state index is 14.1. The number of halogens is 2. The molecule has 1 aliphatic rings. The lowest BCUT2D eigenvalue weighted by molar-refractivity contribution is 0.595. The number of hydrogen-bond donors (Lipinski definition) is 1. The first-order valence-electron chi connectivity index (χ1n) is 6.23. The fourth-order valence-corrected chi connectivity index (χ4v) is 2.06. The Morgan fingerprint density at radius 2 is 1.95 bits per heavy atom. The first-order valence-corrected chi connectivity index (χ1v) is 6.60. The van der Waals surface area contributed by atoms with Crippen molar-refractivity contribution in [2.75, 3.05) is 5.32 Å². The average molecular weight is 278 g/mol. The summed E-state index contributed by atoms with van der Waals surface area (Å²) < 4.78 is 14.1. The molecular weight excluding hydrogens is 265 g/mol. The second-order valence-electron chi connectivity index (χ2n) is 4.68. The van der Waals surface area contributed by atoms with Crippen molar-refractivity contribution in [3.05, 3.63) is 52.7 Å². The molecule has 0 spiro atoms. The molecule has 3 nitrogen and oxygen atoms in total. The molecule has 1 aromatic carbocycles. The molecule has 1 aromatic heterocycles. The lowest BCUT2D eigenvalue weighted by atomic mass is 10.2. The Morgan fingerprint density at radius 1 is 1.21 bits per heavy atom. The SMILES string of the molecule is Fc1c(NCc2ccc(Cl)cc2)ncnc1C1CC1. The van der Waals surface area contributed by atoms with Gasteiger partial charge in [0.2, 0.25) is 0 Å². The fourth-order valence-electron chi connectivity index (χ4n) is 1.94. The van der Waals surface area contributed by atoms with Gasteiger partial charge in [-0.1, -0.05) is 23.7 Å². The highest BCUT2D eigenvalue weighted by molar-refractivity contribution is 6.30. The molecule has 0 amide bonds. The van der Waals surface area contributed by atoms with Crippen molar-refractivity contribution in [1.29, 1.82) is 0 Å². The highest BCUT2D eigenvalue weighted by Gasteiger charge is 2.29. The zero-order chi connectivity index (χ0) is 13.2. The monoisotopic (exact) mass is 277 g/mol. The average Bonchev–Trinajstić information content (AvgIpc) is 3.24. The minimum Gasteiger partial charge on any atom is -0.363 e. The van der Waals surface area contributed by atoms with E-state index in [4.69, 9.17) is 11.6 Å². The standard InChI is InChI=1S/C14H13ClFN3/c15-11-5-1-9(2-6-11)7-17-14-12(16)13(10-3-4-10)18-8-19-14/h1-2,5-6,8,10H,3-4,7H2,(H,17,18,19). The van der Waals surface area contributed by atoms with Crippen LogP contribution in [0.25, 0.3) is 0 Å². The predicted octanol–water partition coefficient (Wildman–Crippen LogP) is 3.76. The van der Waals surface area contributed by atoms with E-state index in [1.807, 2.05) is 24.3 Å². The van der Waals surface area contributed by atoms with Crippen LogP contribution in [0.2, 0.25) is 5.02 Å². The summed E-state index contributed by atoms with van der Waals surface area (Å²) >= 11 is 5.82. The molecule has 0 unspecified atom stereocenters. The molecule has 1 N–H and O–H groups in total. The van der Waals surface area contributed by atoms with Crippen LogP contribution in [0.3, 0.4) is 0 Å². The van der Waals surface area contributed by atoms with Crippen molar-refractivity contribution < 1.29 is 4.39 Å². The topological polar surface area (TPSA) is 37.8 Å². The third kappa shape index (κ3) is 2.84. The van der Waals surface area contributed by atoms with E-state index in [1.165, 1.54) is 6.33 Å². The van der Waals surface area contributed by atoms with Crippen LogP contribution >= 0.6 is 11.6 Å². The number of hydrogen-bond acceptors (Lipinski definition) is 3. The van der Waals surface area contributed by atoms with Gasteiger partial charge in [-0.05, 0) is 30.5 Å². The number of nitrogens with one attached hydrogen (secondary N) is 1. The Kier molecular flexibility index (Phi) is 3.34. The first kappa shape index (κ1) is 12.4. The molecule has 2 aromatic rings. The Morgan fingerprint density at radius 3 is 2.63 bits per heavy atom. The van der Waals surface area contributed by atoms with Gasteiger partial charge in [0.05, 0.1) is 5.69 Å². The second kappa shape index (κ2) is 5.13. The molecular formula is C14H13ClFN3. The Bertz CT molecular complexity index is 582. The van der Waals surface area contributed by atoms with Crippen LogP contribution in [-0.2, 0) is 6.54 Å². The van der Waals surface area contributed by atoms with Crippen LogP contribution in [-0.4, -0.2) is 9.97 Å². The summed E-state index contributed by atoms with van der Waals surface area (Å²) in [5.41, 5.74) is 1.56. The molecule has 0 atom stereocenters. The molecule has 5 heteroatoms. The van der Waals surface area contributed by atoms with Crippen molar-refractivity contribution in [2.24, 2.45) is 0 Å². The van der Waals surface area contributed by atoms with E-state index < -0.39 is 0 Å². The Labute approximate surface area is 115 Å². The maximum Gasteiger partial charge on any atom is 0.187 e. The summed E-state index contributed by atoms with van der Waals surface area (Å²) in [5.74, 6) is 0.227. The molecule has 0 aliphatic heterocycles. The van der Waals surface area contributed by atoms with Gasteiger partial charge in [-0.2, -0.15) is 0 Å². The van der Waals surface area contributed by atoms with E-state index in [2.05, 4.69) is 15.3 Å². The third-order valence-electron chi connectivity index (χ3n) is 3.15. The normalized spacial score (nSPS) is 14.4. The van der Waals surface area contributed by atoms with Gasteiger partial charge in [0.25, 0.3) is 0 Å². The number of nitrogens with zero attached hydrogens (tertiary/aromatic N) is 2. The molecule has 1 aliphatic carbocycles. The Balaban J connectivity index is 1.72. The van der Waals surface area contributed by atoms with Gasteiger partial charge in [0.1, 0.15) is 6.33 Å². The zero-order valence-corrected chi connectivity index (χ0v) is 11.0. The van der Waals surface area contributed by atoms with Crippen LogP contribution in [0.15, 0.2) is 30.6 Å². The number of rotatable bonds is 4. The molecule has 1 fully saturated rings. The first-order chi connectivity index (χ1) is 9.24. The highest BCUT2D eigenvalue weighted by atomic mass is 35.5. The summed E-state index contributed by atoms with van der Waals surface area (Å²) in [6.07, 6.45) is 3.45. The van der Waals surface area contributed by atoms with Gasteiger partial charge in [0, 0.05) is 17.5 Å². The zero-order valence-electron chi connectivity index (χ0n) is 10.2. The van der Waals surface area contributed by atoms with Crippen LogP contribution in [0.1, 0.15) is 30.0 Å².